The number of hydrogen-bond acceptors (Lipinski definition) is 3. The van der Waals surface area contributed by atoms with Gasteiger partial charge in [0.2, 0.25) is 0 Å². The molecule has 4 nitrogen and oxygen atoms in total. The average Bonchev–Trinajstić information content (AvgIpc) is 2.34. The number of rotatable bonds is 5. The highest BCUT2D eigenvalue weighted by Crippen LogP contribution is 2.01. The minimum atomic E-state index is -0.144. The van der Waals surface area contributed by atoms with Crippen molar-refractivity contribution < 1.29 is 4.79 Å². The van der Waals surface area contributed by atoms with Gasteiger partial charge in [0.15, 0.2) is 0 Å². The SMILES string of the molecule is CCCCCNC(=O)c1ccnc(C#N)c1. The van der Waals surface area contributed by atoms with E-state index in [1.807, 2.05) is 6.07 Å². The average molecular weight is 217 g/mol. The zero-order chi connectivity index (χ0) is 11.8. The lowest BCUT2D eigenvalue weighted by atomic mass is 10.2. The Balaban J connectivity index is 2.50. The van der Waals surface area contributed by atoms with Crippen molar-refractivity contribution in [2.24, 2.45) is 0 Å². The Morgan fingerprint density at radius 2 is 2.38 bits per heavy atom. The lowest BCUT2D eigenvalue weighted by molar-refractivity contribution is 0.0953. The summed E-state index contributed by atoms with van der Waals surface area (Å²) in [4.78, 5) is 15.4. The number of carbonyl (C=O) groups excluding carboxylic acids is 1. The zero-order valence-electron chi connectivity index (χ0n) is 9.36. The molecule has 0 bridgehead atoms. The van der Waals surface area contributed by atoms with E-state index in [2.05, 4.69) is 17.2 Å². The Kier molecular flexibility index (Phi) is 5.00. The summed E-state index contributed by atoms with van der Waals surface area (Å²) in [5.74, 6) is -0.144. The van der Waals surface area contributed by atoms with E-state index in [1.54, 1.807) is 6.07 Å². The number of aromatic nitrogens is 1. The van der Waals surface area contributed by atoms with Gasteiger partial charge in [0.05, 0.1) is 0 Å². The lowest BCUT2D eigenvalue weighted by Gasteiger charge is -2.04. The van der Waals surface area contributed by atoms with Gasteiger partial charge in [-0.05, 0) is 18.6 Å². The Morgan fingerprint density at radius 1 is 1.56 bits per heavy atom. The van der Waals surface area contributed by atoms with Crippen LogP contribution in [0, 0.1) is 11.3 Å². The summed E-state index contributed by atoms with van der Waals surface area (Å²) < 4.78 is 0. The second-order valence-electron chi connectivity index (χ2n) is 3.50. The largest absolute Gasteiger partial charge is 0.352 e. The Labute approximate surface area is 95.3 Å². The van der Waals surface area contributed by atoms with Gasteiger partial charge in [-0.3, -0.25) is 4.79 Å². The fraction of sp³-hybridized carbons (Fsp3) is 0.417. The normalized spacial score (nSPS) is 9.50. The highest BCUT2D eigenvalue weighted by Gasteiger charge is 2.05. The van der Waals surface area contributed by atoms with Crippen molar-refractivity contribution in [3.05, 3.63) is 29.6 Å². The molecule has 84 valence electrons. The molecule has 1 amide bonds. The van der Waals surface area contributed by atoms with Crippen LogP contribution < -0.4 is 5.32 Å². The summed E-state index contributed by atoms with van der Waals surface area (Å²) in [6, 6.07) is 5.01. The highest BCUT2D eigenvalue weighted by molar-refractivity contribution is 5.94. The summed E-state index contributed by atoms with van der Waals surface area (Å²) >= 11 is 0. The molecule has 1 aromatic rings. The molecule has 0 radical (unpaired) electrons. The van der Waals surface area contributed by atoms with Gasteiger partial charge in [-0.15, -0.1) is 0 Å². The van der Waals surface area contributed by atoms with Crippen LogP contribution in [0.1, 0.15) is 42.2 Å². The summed E-state index contributed by atoms with van der Waals surface area (Å²) in [7, 11) is 0. The van der Waals surface area contributed by atoms with Gasteiger partial charge in [-0.2, -0.15) is 5.26 Å². The molecule has 1 aromatic heterocycles. The minimum Gasteiger partial charge on any atom is -0.352 e. The number of unbranched alkanes of at least 4 members (excludes halogenated alkanes) is 2. The molecule has 0 atom stereocenters. The first kappa shape index (κ1) is 12.2. The highest BCUT2D eigenvalue weighted by atomic mass is 16.1. The quantitative estimate of drug-likeness (QED) is 0.766. The first-order chi connectivity index (χ1) is 7.77. The second-order valence-corrected chi connectivity index (χ2v) is 3.50. The topological polar surface area (TPSA) is 65.8 Å². The number of nitrogens with one attached hydrogen (secondary N) is 1. The van der Waals surface area contributed by atoms with E-state index in [9.17, 15) is 4.79 Å². The summed E-state index contributed by atoms with van der Waals surface area (Å²) in [5, 5.41) is 11.5. The summed E-state index contributed by atoms with van der Waals surface area (Å²) in [6.45, 7) is 2.79. The van der Waals surface area contributed by atoms with Crippen LogP contribution in [0.3, 0.4) is 0 Å². The van der Waals surface area contributed by atoms with Crippen LogP contribution >= 0.6 is 0 Å². The van der Waals surface area contributed by atoms with Gasteiger partial charge in [0.25, 0.3) is 5.91 Å². The number of hydrogen-bond donors (Lipinski definition) is 1. The molecular weight excluding hydrogens is 202 g/mol. The van der Waals surface area contributed by atoms with Crippen molar-refractivity contribution in [3.63, 3.8) is 0 Å². The number of nitrogens with zero attached hydrogens (tertiary/aromatic N) is 2. The molecule has 0 saturated heterocycles. The van der Waals surface area contributed by atoms with Crippen molar-refractivity contribution in [1.82, 2.24) is 10.3 Å². The monoisotopic (exact) mass is 217 g/mol. The van der Waals surface area contributed by atoms with Crippen LogP contribution in [-0.4, -0.2) is 17.4 Å². The molecule has 0 unspecified atom stereocenters. The molecule has 1 N–H and O–H groups in total. The predicted octanol–water partition coefficient (Wildman–Crippen LogP) is 1.87. The molecule has 0 aliphatic rings. The first-order valence-electron chi connectivity index (χ1n) is 5.42. The van der Waals surface area contributed by atoms with E-state index in [0.29, 0.717) is 12.1 Å². The maximum absolute atomic E-state index is 11.6. The van der Waals surface area contributed by atoms with Crippen LogP contribution in [0.5, 0.6) is 0 Å². The minimum absolute atomic E-state index is 0.144. The van der Waals surface area contributed by atoms with E-state index >= 15 is 0 Å². The Bertz CT molecular complexity index is 395. The molecule has 1 heterocycles. The van der Waals surface area contributed by atoms with Crippen LogP contribution in [-0.2, 0) is 0 Å². The van der Waals surface area contributed by atoms with Gasteiger partial charge in [-0.25, -0.2) is 4.98 Å². The molecule has 1 rings (SSSR count). The predicted molar refractivity (Wildman–Crippen MR) is 60.8 cm³/mol. The molecule has 4 heteroatoms. The van der Waals surface area contributed by atoms with Crippen molar-refractivity contribution >= 4 is 5.91 Å². The molecule has 0 aliphatic carbocycles. The van der Waals surface area contributed by atoms with E-state index in [0.717, 1.165) is 19.3 Å². The van der Waals surface area contributed by atoms with Gasteiger partial charge < -0.3 is 5.32 Å². The van der Waals surface area contributed by atoms with Crippen molar-refractivity contribution in [2.75, 3.05) is 6.54 Å². The van der Waals surface area contributed by atoms with E-state index in [4.69, 9.17) is 5.26 Å². The molecule has 0 aromatic carbocycles. The molecule has 0 saturated carbocycles. The van der Waals surface area contributed by atoms with Crippen molar-refractivity contribution in [2.45, 2.75) is 26.2 Å². The number of amides is 1. The van der Waals surface area contributed by atoms with Crippen LogP contribution in [0.25, 0.3) is 0 Å². The van der Waals surface area contributed by atoms with Crippen LogP contribution in [0.4, 0.5) is 0 Å². The maximum Gasteiger partial charge on any atom is 0.251 e. The molecule has 16 heavy (non-hydrogen) atoms. The third kappa shape index (κ3) is 3.70. The number of nitriles is 1. The third-order valence-corrected chi connectivity index (χ3v) is 2.20. The number of pyridine rings is 1. The number of carbonyl (C=O) groups is 1. The third-order valence-electron chi connectivity index (χ3n) is 2.20. The van der Waals surface area contributed by atoms with Crippen LogP contribution in [0.15, 0.2) is 18.3 Å². The van der Waals surface area contributed by atoms with E-state index < -0.39 is 0 Å². The standard InChI is InChI=1S/C12H15N3O/c1-2-3-4-6-15-12(16)10-5-7-14-11(8-10)9-13/h5,7-8H,2-4,6H2,1H3,(H,15,16). The summed E-state index contributed by atoms with van der Waals surface area (Å²) in [6.07, 6.45) is 4.70. The summed E-state index contributed by atoms with van der Waals surface area (Å²) in [5.41, 5.74) is 0.754. The first-order valence-corrected chi connectivity index (χ1v) is 5.42. The van der Waals surface area contributed by atoms with Crippen LogP contribution in [0.2, 0.25) is 0 Å². The smallest absolute Gasteiger partial charge is 0.251 e. The van der Waals surface area contributed by atoms with Gasteiger partial charge in [-0.1, -0.05) is 19.8 Å². The van der Waals surface area contributed by atoms with E-state index in [-0.39, 0.29) is 11.6 Å². The fourth-order valence-electron chi connectivity index (χ4n) is 1.31. The lowest BCUT2D eigenvalue weighted by Crippen LogP contribution is -2.24. The zero-order valence-corrected chi connectivity index (χ0v) is 9.36. The molecule has 0 spiro atoms. The maximum atomic E-state index is 11.6. The van der Waals surface area contributed by atoms with Crippen molar-refractivity contribution in [1.29, 1.82) is 5.26 Å². The Hall–Kier alpha value is -1.89. The van der Waals surface area contributed by atoms with Gasteiger partial charge >= 0.3 is 0 Å². The van der Waals surface area contributed by atoms with Crippen molar-refractivity contribution in [3.8, 4) is 6.07 Å². The molecule has 0 aliphatic heterocycles. The molecular formula is C12H15N3O. The second kappa shape index (κ2) is 6.57. The fourth-order valence-corrected chi connectivity index (χ4v) is 1.31. The van der Waals surface area contributed by atoms with Gasteiger partial charge in [0, 0.05) is 18.3 Å². The van der Waals surface area contributed by atoms with Gasteiger partial charge in [0.1, 0.15) is 11.8 Å². The molecule has 0 fully saturated rings. The van der Waals surface area contributed by atoms with E-state index in [1.165, 1.54) is 12.3 Å². The Morgan fingerprint density at radius 3 is 3.06 bits per heavy atom.